The molecule has 2 aromatic rings. The van der Waals surface area contributed by atoms with Crippen molar-refractivity contribution in [2.45, 2.75) is 12.8 Å². The van der Waals surface area contributed by atoms with Crippen LogP contribution in [0.1, 0.15) is 11.1 Å². The molecule has 0 atom stereocenters. The monoisotopic (exact) mass is 211 g/mol. The summed E-state index contributed by atoms with van der Waals surface area (Å²) in [5.74, 6) is 0.690. The van der Waals surface area contributed by atoms with Crippen molar-refractivity contribution in [1.82, 2.24) is 9.97 Å². The van der Waals surface area contributed by atoms with Gasteiger partial charge < -0.3 is 5.32 Å². The summed E-state index contributed by atoms with van der Waals surface area (Å²) in [5, 5.41) is 2.99. The van der Waals surface area contributed by atoms with Gasteiger partial charge in [0.25, 0.3) is 0 Å². The van der Waals surface area contributed by atoms with E-state index in [0.717, 1.165) is 18.5 Å². The van der Waals surface area contributed by atoms with Crippen LogP contribution in [0, 0.1) is 0 Å². The molecule has 0 saturated carbocycles. The van der Waals surface area contributed by atoms with Crippen LogP contribution in [0.3, 0.4) is 0 Å². The van der Waals surface area contributed by atoms with E-state index in [1.807, 2.05) is 13.2 Å². The molecule has 1 N–H and O–H groups in total. The number of fused-ring (bicyclic) bond motifs is 3. The maximum absolute atomic E-state index is 4.55. The largest absolute Gasteiger partial charge is 0.357 e. The minimum Gasteiger partial charge on any atom is -0.357 e. The van der Waals surface area contributed by atoms with Crippen molar-refractivity contribution < 1.29 is 0 Å². The molecule has 3 rings (SSSR count). The average molecular weight is 211 g/mol. The highest BCUT2D eigenvalue weighted by Gasteiger charge is 2.17. The number of aryl methyl sites for hydroxylation is 2. The van der Waals surface area contributed by atoms with Crippen LogP contribution >= 0.6 is 0 Å². The van der Waals surface area contributed by atoms with Crippen molar-refractivity contribution in [3.63, 3.8) is 0 Å². The molecule has 0 amide bonds. The highest BCUT2D eigenvalue weighted by Crippen LogP contribution is 2.31. The molecule has 0 radical (unpaired) electrons. The van der Waals surface area contributed by atoms with Gasteiger partial charge in [0, 0.05) is 18.8 Å². The zero-order chi connectivity index (χ0) is 11.0. The molecule has 16 heavy (non-hydrogen) atoms. The third-order valence-electron chi connectivity index (χ3n) is 3.02. The molecule has 0 spiro atoms. The van der Waals surface area contributed by atoms with Crippen LogP contribution in [0.5, 0.6) is 0 Å². The summed E-state index contributed by atoms with van der Waals surface area (Å²) < 4.78 is 0. The molecule has 0 unspecified atom stereocenters. The fraction of sp³-hybridized carbons (Fsp3) is 0.231. The number of benzene rings is 1. The van der Waals surface area contributed by atoms with Crippen molar-refractivity contribution in [2.24, 2.45) is 0 Å². The zero-order valence-electron chi connectivity index (χ0n) is 9.20. The molecule has 1 aliphatic rings. The van der Waals surface area contributed by atoms with E-state index in [-0.39, 0.29) is 0 Å². The first kappa shape index (κ1) is 9.33. The topological polar surface area (TPSA) is 37.8 Å². The van der Waals surface area contributed by atoms with Gasteiger partial charge in [0.1, 0.15) is 0 Å². The highest BCUT2D eigenvalue weighted by molar-refractivity contribution is 5.69. The second-order valence-corrected chi connectivity index (χ2v) is 3.97. The van der Waals surface area contributed by atoms with Crippen LogP contribution in [0.2, 0.25) is 0 Å². The van der Waals surface area contributed by atoms with Crippen LogP contribution < -0.4 is 5.32 Å². The van der Waals surface area contributed by atoms with Gasteiger partial charge in [0.05, 0.1) is 5.69 Å². The third kappa shape index (κ3) is 1.36. The van der Waals surface area contributed by atoms with Crippen molar-refractivity contribution in [3.8, 4) is 11.3 Å². The first-order valence-electron chi connectivity index (χ1n) is 5.50. The summed E-state index contributed by atoms with van der Waals surface area (Å²) in [4.78, 5) is 8.81. The normalized spacial score (nSPS) is 12.8. The van der Waals surface area contributed by atoms with Gasteiger partial charge in [-0.05, 0) is 24.0 Å². The van der Waals surface area contributed by atoms with Crippen LogP contribution in [0.4, 0.5) is 5.95 Å². The van der Waals surface area contributed by atoms with Crippen LogP contribution in [-0.2, 0) is 12.8 Å². The number of rotatable bonds is 1. The Hall–Kier alpha value is -1.90. The maximum Gasteiger partial charge on any atom is 0.222 e. The van der Waals surface area contributed by atoms with Gasteiger partial charge in [-0.25, -0.2) is 9.97 Å². The number of hydrogen-bond donors (Lipinski definition) is 1. The van der Waals surface area contributed by atoms with E-state index in [0.29, 0.717) is 5.95 Å². The smallest absolute Gasteiger partial charge is 0.222 e. The average Bonchev–Trinajstić information content (AvgIpc) is 2.38. The fourth-order valence-electron chi connectivity index (χ4n) is 2.18. The molecule has 1 aliphatic carbocycles. The Balaban J connectivity index is 2.22. The van der Waals surface area contributed by atoms with E-state index in [1.165, 1.54) is 16.7 Å². The molecule has 3 heteroatoms. The molecule has 1 aromatic carbocycles. The lowest BCUT2D eigenvalue weighted by atomic mass is 9.90. The quantitative estimate of drug-likeness (QED) is 0.786. The number of nitrogens with one attached hydrogen (secondary N) is 1. The van der Waals surface area contributed by atoms with Crippen LogP contribution in [0.15, 0.2) is 30.5 Å². The lowest BCUT2D eigenvalue weighted by Crippen LogP contribution is -2.08. The standard InChI is InChI=1S/C13H13N3/c1-14-13-15-8-10-7-6-9-4-2-3-5-11(9)12(10)16-13/h2-5,8H,6-7H2,1H3,(H,14,15,16). The minimum atomic E-state index is 0.690. The second-order valence-electron chi connectivity index (χ2n) is 3.97. The molecular formula is C13H13N3. The Morgan fingerprint density at radius 2 is 1.94 bits per heavy atom. The SMILES string of the molecule is CNc1ncc2c(n1)-c1ccccc1CC2. The number of nitrogens with zero attached hydrogens (tertiary/aromatic N) is 2. The molecule has 3 nitrogen and oxygen atoms in total. The predicted octanol–water partition coefficient (Wildman–Crippen LogP) is 2.28. The number of aromatic nitrogens is 2. The van der Waals surface area contributed by atoms with E-state index in [9.17, 15) is 0 Å². The van der Waals surface area contributed by atoms with Gasteiger partial charge >= 0.3 is 0 Å². The van der Waals surface area contributed by atoms with Gasteiger partial charge in [-0.3, -0.25) is 0 Å². The third-order valence-corrected chi connectivity index (χ3v) is 3.02. The van der Waals surface area contributed by atoms with E-state index >= 15 is 0 Å². The summed E-state index contributed by atoms with van der Waals surface area (Å²) in [6, 6.07) is 8.47. The molecule has 80 valence electrons. The zero-order valence-corrected chi connectivity index (χ0v) is 9.20. The fourth-order valence-corrected chi connectivity index (χ4v) is 2.18. The summed E-state index contributed by atoms with van der Waals surface area (Å²) in [6.45, 7) is 0. The molecule has 1 aromatic heterocycles. The van der Waals surface area contributed by atoms with Gasteiger partial charge in [-0.2, -0.15) is 0 Å². The lowest BCUT2D eigenvalue weighted by Gasteiger charge is -2.18. The molecule has 0 aliphatic heterocycles. The van der Waals surface area contributed by atoms with Gasteiger partial charge in [-0.15, -0.1) is 0 Å². The van der Waals surface area contributed by atoms with Gasteiger partial charge in [0.15, 0.2) is 0 Å². The van der Waals surface area contributed by atoms with Crippen molar-refractivity contribution in [2.75, 3.05) is 12.4 Å². The van der Waals surface area contributed by atoms with Crippen molar-refractivity contribution >= 4 is 5.95 Å². The summed E-state index contributed by atoms with van der Waals surface area (Å²) in [7, 11) is 1.84. The Labute approximate surface area is 94.6 Å². The summed E-state index contributed by atoms with van der Waals surface area (Å²) in [6.07, 6.45) is 4.06. The molecule has 0 saturated heterocycles. The van der Waals surface area contributed by atoms with E-state index < -0.39 is 0 Å². The van der Waals surface area contributed by atoms with E-state index in [4.69, 9.17) is 0 Å². The Morgan fingerprint density at radius 1 is 1.12 bits per heavy atom. The van der Waals surface area contributed by atoms with Gasteiger partial charge in [-0.1, -0.05) is 24.3 Å². The Morgan fingerprint density at radius 3 is 2.81 bits per heavy atom. The Kier molecular flexibility index (Phi) is 2.10. The lowest BCUT2D eigenvalue weighted by molar-refractivity contribution is 0.911. The predicted molar refractivity (Wildman–Crippen MR) is 64.4 cm³/mol. The van der Waals surface area contributed by atoms with E-state index in [2.05, 4.69) is 39.6 Å². The van der Waals surface area contributed by atoms with Crippen molar-refractivity contribution in [1.29, 1.82) is 0 Å². The first-order chi connectivity index (χ1) is 7.88. The van der Waals surface area contributed by atoms with E-state index in [1.54, 1.807) is 0 Å². The molecule has 0 bridgehead atoms. The summed E-state index contributed by atoms with van der Waals surface area (Å²) >= 11 is 0. The highest BCUT2D eigenvalue weighted by atomic mass is 15.1. The molecule has 1 heterocycles. The summed E-state index contributed by atoms with van der Waals surface area (Å²) in [5.41, 5.74) is 4.97. The van der Waals surface area contributed by atoms with Gasteiger partial charge in [0.2, 0.25) is 5.95 Å². The van der Waals surface area contributed by atoms with Crippen molar-refractivity contribution in [3.05, 3.63) is 41.6 Å². The molecule has 0 fully saturated rings. The number of anilines is 1. The maximum atomic E-state index is 4.55. The van der Waals surface area contributed by atoms with Crippen LogP contribution in [0.25, 0.3) is 11.3 Å². The number of hydrogen-bond acceptors (Lipinski definition) is 3. The minimum absolute atomic E-state index is 0.690. The Bertz CT molecular complexity index is 534. The second kappa shape index (κ2) is 3.59. The molecular weight excluding hydrogens is 198 g/mol. The first-order valence-corrected chi connectivity index (χ1v) is 5.50. The van der Waals surface area contributed by atoms with Crippen LogP contribution in [-0.4, -0.2) is 17.0 Å².